The molecule has 1 aromatic rings. The van der Waals surface area contributed by atoms with Gasteiger partial charge in [0.05, 0.1) is 7.11 Å². The molecule has 3 nitrogen and oxygen atoms in total. The Bertz CT molecular complexity index is 439. The highest BCUT2D eigenvalue weighted by molar-refractivity contribution is 9.09. The maximum atomic E-state index is 11.9. The summed E-state index contributed by atoms with van der Waals surface area (Å²) in [6.45, 7) is 0.730. The highest BCUT2D eigenvalue weighted by Crippen LogP contribution is 2.31. The van der Waals surface area contributed by atoms with Gasteiger partial charge in [0.15, 0.2) is 0 Å². The van der Waals surface area contributed by atoms with Crippen LogP contribution in [0.2, 0.25) is 5.02 Å². The van der Waals surface area contributed by atoms with E-state index in [-0.39, 0.29) is 5.91 Å². The molecule has 1 aliphatic heterocycles. The topological polar surface area (TPSA) is 29.5 Å². The molecule has 92 valence electrons. The van der Waals surface area contributed by atoms with Gasteiger partial charge in [-0.25, -0.2) is 0 Å². The largest absolute Gasteiger partial charge is 0.497 e. The normalized spacial score (nSPS) is 19.8. The number of hydrogen-bond acceptors (Lipinski definition) is 2. The summed E-state index contributed by atoms with van der Waals surface area (Å²) in [6, 6.07) is 5.35. The minimum atomic E-state index is 0.138. The van der Waals surface area contributed by atoms with Crippen molar-refractivity contribution in [3.63, 3.8) is 0 Å². The van der Waals surface area contributed by atoms with Gasteiger partial charge in [0.2, 0.25) is 5.91 Å². The fraction of sp³-hybridized carbons (Fsp3) is 0.417. The molecule has 1 aromatic carbocycles. The average molecular weight is 319 g/mol. The number of methoxy groups -OCH3 is 1. The summed E-state index contributed by atoms with van der Waals surface area (Å²) < 4.78 is 5.15. The monoisotopic (exact) mass is 317 g/mol. The third-order valence-electron chi connectivity index (χ3n) is 2.83. The van der Waals surface area contributed by atoms with Gasteiger partial charge in [0.1, 0.15) is 5.75 Å². The van der Waals surface area contributed by atoms with Gasteiger partial charge in [-0.3, -0.25) is 4.79 Å². The van der Waals surface area contributed by atoms with Crippen LogP contribution in [0.1, 0.15) is 6.42 Å². The first kappa shape index (κ1) is 12.7. The molecule has 2 rings (SSSR count). The standard InChI is InChI=1S/C12H13BrClNO2/c1-17-11-4-9(14)3-10(5-11)15-7-8(6-13)2-12(15)16/h3-5,8H,2,6-7H2,1H3. The van der Waals surface area contributed by atoms with Crippen LogP contribution in [0.15, 0.2) is 18.2 Å². The fourth-order valence-electron chi connectivity index (χ4n) is 1.96. The van der Waals surface area contributed by atoms with Crippen molar-refractivity contribution < 1.29 is 9.53 Å². The molecular weight excluding hydrogens is 305 g/mol. The zero-order chi connectivity index (χ0) is 12.4. The first-order chi connectivity index (χ1) is 8.13. The molecule has 1 saturated heterocycles. The van der Waals surface area contributed by atoms with Gasteiger partial charge < -0.3 is 9.64 Å². The van der Waals surface area contributed by atoms with Crippen molar-refractivity contribution in [3.8, 4) is 5.75 Å². The highest BCUT2D eigenvalue weighted by atomic mass is 79.9. The predicted molar refractivity (Wildman–Crippen MR) is 72.3 cm³/mol. The quantitative estimate of drug-likeness (QED) is 0.802. The zero-order valence-corrected chi connectivity index (χ0v) is 11.8. The summed E-state index contributed by atoms with van der Waals surface area (Å²) in [4.78, 5) is 13.6. The molecule has 1 fully saturated rings. The molecular formula is C12H13BrClNO2. The van der Waals surface area contributed by atoms with Gasteiger partial charge in [-0.1, -0.05) is 27.5 Å². The Balaban J connectivity index is 2.28. The smallest absolute Gasteiger partial charge is 0.227 e. The van der Waals surface area contributed by atoms with Crippen LogP contribution in [0.4, 0.5) is 5.69 Å². The minimum Gasteiger partial charge on any atom is -0.497 e. The molecule has 0 N–H and O–H groups in total. The number of halogens is 2. The molecule has 0 spiro atoms. The van der Waals surface area contributed by atoms with Crippen LogP contribution in [-0.2, 0) is 4.79 Å². The van der Waals surface area contributed by atoms with Gasteiger partial charge in [0.25, 0.3) is 0 Å². The third-order valence-corrected chi connectivity index (χ3v) is 3.96. The van der Waals surface area contributed by atoms with Crippen molar-refractivity contribution in [2.24, 2.45) is 5.92 Å². The third kappa shape index (κ3) is 2.75. The van der Waals surface area contributed by atoms with Crippen molar-refractivity contribution in [1.29, 1.82) is 0 Å². The number of anilines is 1. The molecule has 1 heterocycles. The molecule has 1 unspecified atom stereocenters. The van der Waals surface area contributed by atoms with Crippen LogP contribution in [-0.4, -0.2) is 24.9 Å². The molecule has 0 bridgehead atoms. The molecule has 1 atom stereocenters. The lowest BCUT2D eigenvalue weighted by Crippen LogP contribution is -2.24. The van der Waals surface area contributed by atoms with Gasteiger partial charge in [-0.2, -0.15) is 0 Å². The summed E-state index contributed by atoms with van der Waals surface area (Å²) in [7, 11) is 1.59. The average Bonchev–Trinajstić information content (AvgIpc) is 2.69. The molecule has 5 heteroatoms. The van der Waals surface area contributed by atoms with Gasteiger partial charge in [-0.15, -0.1) is 0 Å². The maximum absolute atomic E-state index is 11.9. The van der Waals surface area contributed by atoms with Crippen LogP contribution in [0.3, 0.4) is 0 Å². The Morgan fingerprint density at radius 2 is 2.29 bits per heavy atom. The molecule has 0 saturated carbocycles. The van der Waals surface area contributed by atoms with Crippen LogP contribution in [0.5, 0.6) is 5.75 Å². The summed E-state index contributed by atoms with van der Waals surface area (Å²) in [5.41, 5.74) is 0.808. The fourth-order valence-corrected chi connectivity index (χ4v) is 2.61. The van der Waals surface area contributed by atoms with Crippen molar-refractivity contribution in [1.82, 2.24) is 0 Å². The van der Waals surface area contributed by atoms with Gasteiger partial charge in [-0.05, 0) is 18.1 Å². The van der Waals surface area contributed by atoms with E-state index >= 15 is 0 Å². The predicted octanol–water partition coefficient (Wildman–Crippen LogP) is 3.10. The minimum absolute atomic E-state index is 0.138. The molecule has 17 heavy (non-hydrogen) atoms. The van der Waals surface area contributed by atoms with Crippen LogP contribution in [0, 0.1) is 5.92 Å². The van der Waals surface area contributed by atoms with Crippen LogP contribution < -0.4 is 9.64 Å². The molecule has 0 radical (unpaired) electrons. The lowest BCUT2D eigenvalue weighted by molar-refractivity contribution is -0.117. The number of benzene rings is 1. The first-order valence-electron chi connectivity index (χ1n) is 5.35. The van der Waals surface area contributed by atoms with E-state index in [1.165, 1.54) is 0 Å². The number of nitrogens with zero attached hydrogens (tertiary/aromatic N) is 1. The number of hydrogen-bond donors (Lipinski definition) is 0. The van der Waals surface area contributed by atoms with E-state index in [0.29, 0.717) is 23.1 Å². The van der Waals surface area contributed by atoms with Crippen molar-refractivity contribution in [3.05, 3.63) is 23.2 Å². The number of carbonyl (C=O) groups is 1. The molecule has 1 aliphatic rings. The Kier molecular flexibility index (Phi) is 3.94. The van der Waals surface area contributed by atoms with Crippen molar-refractivity contribution in [2.45, 2.75) is 6.42 Å². The van der Waals surface area contributed by atoms with E-state index in [9.17, 15) is 4.79 Å². The Hall–Kier alpha value is -0.740. The van der Waals surface area contributed by atoms with E-state index in [1.807, 2.05) is 6.07 Å². The van der Waals surface area contributed by atoms with E-state index in [1.54, 1.807) is 24.1 Å². The first-order valence-corrected chi connectivity index (χ1v) is 6.85. The van der Waals surface area contributed by atoms with Crippen molar-refractivity contribution >= 4 is 39.1 Å². The maximum Gasteiger partial charge on any atom is 0.227 e. The lowest BCUT2D eigenvalue weighted by atomic mass is 10.2. The lowest BCUT2D eigenvalue weighted by Gasteiger charge is -2.17. The summed E-state index contributed by atoms with van der Waals surface area (Å²) in [5.74, 6) is 1.17. The number of ether oxygens (including phenoxy) is 1. The highest BCUT2D eigenvalue weighted by Gasteiger charge is 2.30. The Morgan fingerprint density at radius 1 is 1.53 bits per heavy atom. The SMILES string of the molecule is COc1cc(Cl)cc(N2CC(CBr)CC2=O)c1. The Labute approximate surface area is 114 Å². The molecule has 0 aromatic heterocycles. The zero-order valence-electron chi connectivity index (χ0n) is 9.45. The van der Waals surface area contributed by atoms with E-state index < -0.39 is 0 Å². The second-order valence-electron chi connectivity index (χ2n) is 4.08. The van der Waals surface area contributed by atoms with E-state index in [0.717, 1.165) is 17.6 Å². The summed E-state index contributed by atoms with van der Waals surface area (Å²) in [5, 5.41) is 1.42. The second-order valence-corrected chi connectivity index (χ2v) is 5.16. The number of carbonyl (C=O) groups excluding carboxylic acids is 1. The summed E-state index contributed by atoms with van der Waals surface area (Å²) >= 11 is 9.41. The van der Waals surface area contributed by atoms with E-state index in [2.05, 4.69) is 15.9 Å². The van der Waals surface area contributed by atoms with Crippen molar-refractivity contribution in [2.75, 3.05) is 23.9 Å². The number of alkyl halides is 1. The van der Waals surface area contributed by atoms with Crippen LogP contribution >= 0.6 is 27.5 Å². The summed E-state index contributed by atoms with van der Waals surface area (Å²) in [6.07, 6.45) is 0.583. The molecule has 1 amide bonds. The number of rotatable bonds is 3. The van der Waals surface area contributed by atoms with Gasteiger partial charge >= 0.3 is 0 Å². The van der Waals surface area contributed by atoms with Crippen LogP contribution in [0.25, 0.3) is 0 Å². The number of amides is 1. The second kappa shape index (κ2) is 5.27. The van der Waals surface area contributed by atoms with E-state index in [4.69, 9.17) is 16.3 Å². The van der Waals surface area contributed by atoms with Gasteiger partial charge in [0, 0.05) is 35.1 Å². The Morgan fingerprint density at radius 3 is 2.88 bits per heavy atom. The molecule has 0 aliphatic carbocycles.